The summed E-state index contributed by atoms with van der Waals surface area (Å²) in [7, 11) is 0. The third-order valence-corrected chi connectivity index (χ3v) is 6.93. The van der Waals surface area contributed by atoms with E-state index in [9.17, 15) is 0 Å². The second-order valence-corrected chi connectivity index (χ2v) is 9.98. The van der Waals surface area contributed by atoms with Crippen molar-refractivity contribution in [3.8, 4) is 0 Å². The minimum absolute atomic E-state index is 0.253. The van der Waals surface area contributed by atoms with E-state index in [1.165, 1.54) is 96.3 Å². The molecule has 0 saturated carbocycles. The Kier molecular flexibility index (Phi) is 27.9. The molecule has 0 aliphatic rings. The van der Waals surface area contributed by atoms with Crippen LogP contribution < -0.4 is 0 Å². The molecule has 0 radical (unpaired) electrons. The molecule has 0 saturated heterocycles. The van der Waals surface area contributed by atoms with Gasteiger partial charge in [-0.25, -0.2) is 0 Å². The Bertz CT molecular complexity index is 343. The lowest BCUT2D eigenvalue weighted by molar-refractivity contribution is 0.199. The SMILES string of the molecule is OCCCN(CCCO)CCCCCCCCCCCCCCCCCC(CCO)CCO. The summed E-state index contributed by atoms with van der Waals surface area (Å²) >= 11 is 0. The van der Waals surface area contributed by atoms with E-state index in [0.29, 0.717) is 5.92 Å². The summed E-state index contributed by atoms with van der Waals surface area (Å²) < 4.78 is 0. The van der Waals surface area contributed by atoms with Crippen LogP contribution >= 0.6 is 0 Å². The fraction of sp³-hybridized carbons (Fsp3) is 1.00. The molecule has 5 nitrogen and oxygen atoms in total. The molecular formula is C28H59NO4. The average molecular weight is 474 g/mol. The van der Waals surface area contributed by atoms with Crippen molar-refractivity contribution in [3.05, 3.63) is 0 Å². The molecule has 200 valence electrons. The maximum Gasteiger partial charge on any atom is 0.0443 e. The Labute approximate surface area is 206 Å². The van der Waals surface area contributed by atoms with Crippen LogP contribution in [0.5, 0.6) is 0 Å². The lowest BCUT2D eigenvalue weighted by Gasteiger charge is -2.21. The zero-order valence-corrected chi connectivity index (χ0v) is 21.9. The summed E-state index contributed by atoms with van der Waals surface area (Å²) in [5.74, 6) is 0.509. The van der Waals surface area contributed by atoms with Crippen molar-refractivity contribution in [1.82, 2.24) is 4.90 Å². The van der Waals surface area contributed by atoms with E-state index in [0.717, 1.165) is 51.7 Å². The molecule has 4 N–H and O–H groups in total. The van der Waals surface area contributed by atoms with Crippen LogP contribution in [0.4, 0.5) is 0 Å². The minimum atomic E-state index is 0.253. The lowest BCUT2D eigenvalue weighted by atomic mass is 9.94. The quantitative estimate of drug-likeness (QED) is 0.110. The molecule has 0 amide bonds. The Morgan fingerprint density at radius 3 is 1.03 bits per heavy atom. The number of aliphatic hydroxyl groups excluding tert-OH is 4. The second kappa shape index (κ2) is 28.0. The average Bonchev–Trinajstić information content (AvgIpc) is 2.82. The molecule has 0 bridgehead atoms. The highest BCUT2D eigenvalue weighted by molar-refractivity contribution is 4.60. The number of hydrogen-bond acceptors (Lipinski definition) is 5. The first-order chi connectivity index (χ1) is 16.3. The number of nitrogens with zero attached hydrogens (tertiary/aromatic N) is 1. The van der Waals surface area contributed by atoms with E-state index in [4.69, 9.17) is 20.4 Å². The molecule has 0 fully saturated rings. The van der Waals surface area contributed by atoms with Crippen molar-refractivity contribution in [3.63, 3.8) is 0 Å². The first-order valence-electron chi connectivity index (χ1n) is 14.4. The van der Waals surface area contributed by atoms with E-state index in [1.54, 1.807) is 0 Å². The Hall–Kier alpha value is -0.200. The third kappa shape index (κ3) is 24.7. The van der Waals surface area contributed by atoms with Gasteiger partial charge >= 0.3 is 0 Å². The van der Waals surface area contributed by atoms with E-state index in [-0.39, 0.29) is 26.4 Å². The van der Waals surface area contributed by atoms with Gasteiger partial charge < -0.3 is 25.3 Å². The molecule has 33 heavy (non-hydrogen) atoms. The van der Waals surface area contributed by atoms with Crippen LogP contribution in [-0.4, -0.2) is 71.4 Å². The van der Waals surface area contributed by atoms with Crippen molar-refractivity contribution >= 4 is 0 Å². The van der Waals surface area contributed by atoms with Crippen LogP contribution in [0.15, 0.2) is 0 Å². The van der Waals surface area contributed by atoms with Gasteiger partial charge in [-0.15, -0.1) is 0 Å². The molecule has 0 aliphatic carbocycles. The fourth-order valence-corrected chi connectivity index (χ4v) is 4.79. The van der Waals surface area contributed by atoms with Crippen molar-refractivity contribution in [2.45, 2.75) is 128 Å². The Morgan fingerprint density at radius 2 is 0.667 bits per heavy atom. The third-order valence-electron chi connectivity index (χ3n) is 6.93. The van der Waals surface area contributed by atoms with Gasteiger partial charge in [0.25, 0.3) is 0 Å². The largest absolute Gasteiger partial charge is 0.396 e. The highest BCUT2D eigenvalue weighted by atomic mass is 16.3. The summed E-state index contributed by atoms with van der Waals surface area (Å²) in [5.41, 5.74) is 0. The fourth-order valence-electron chi connectivity index (χ4n) is 4.79. The van der Waals surface area contributed by atoms with Gasteiger partial charge in [0.1, 0.15) is 0 Å². The van der Waals surface area contributed by atoms with Gasteiger partial charge in [0, 0.05) is 39.5 Å². The minimum Gasteiger partial charge on any atom is -0.396 e. The number of hydrogen-bond donors (Lipinski definition) is 4. The van der Waals surface area contributed by atoms with E-state index >= 15 is 0 Å². The Morgan fingerprint density at radius 1 is 0.333 bits per heavy atom. The molecule has 0 aromatic heterocycles. The zero-order chi connectivity index (χ0) is 24.2. The summed E-state index contributed by atoms with van der Waals surface area (Å²) in [6.45, 7) is 4.03. The van der Waals surface area contributed by atoms with Gasteiger partial charge in [0.15, 0.2) is 0 Å². The van der Waals surface area contributed by atoms with Crippen LogP contribution in [0.1, 0.15) is 128 Å². The number of unbranched alkanes of at least 4 members (excludes halogenated alkanes) is 14. The lowest BCUT2D eigenvalue weighted by Crippen LogP contribution is -2.28. The molecular weight excluding hydrogens is 414 g/mol. The van der Waals surface area contributed by atoms with Crippen molar-refractivity contribution in [2.24, 2.45) is 5.92 Å². The first kappa shape index (κ1) is 32.8. The monoisotopic (exact) mass is 473 g/mol. The highest BCUT2D eigenvalue weighted by Crippen LogP contribution is 2.18. The van der Waals surface area contributed by atoms with Gasteiger partial charge in [0.2, 0.25) is 0 Å². The topological polar surface area (TPSA) is 84.2 Å². The Balaban J connectivity index is 3.31. The molecule has 0 spiro atoms. The van der Waals surface area contributed by atoms with Crippen molar-refractivity contribution in [2.75, 3.05) is 46.1 Å². The molecule has 0 atom stereocenters. The predicted octanol–water partition coefficient (Wildman–Crippen LogP) is 5.68. The zero-order valence-electron chi connectivity index (χ0n) is 21.9. The van der Waals surface area contributed by atoms with Crippen molar-refractivity contribution in [1.29, 1.82) is 0 Å². The highest BCUT2D eigenvalue weighted by Gasteiger charge is 2.07. The second-order valence-electron chi connectivity index (χ2n) is 9.98. The van der Waals surface area contributed by atoms with E-state index in [2.05, 4.69) is 4.90 Å². The molecule has 5 heteroatoms. The van der Waals surface area contributed by atoms with E-state index < -0.39 is 0 Å². The molecule has 0 unspecified atom stereocenters. The van der Waals surface area contributed by atoms with Gasteiger partial charge in [0.05, 0.1) is 0 Å². The van der Waals surface area contributed by atoms with Crippen LogP contribution in [0.25, 0.3) is 0 Å². The molecule has 0 aliphatic heterocycles. The standard InChI is InChI=1S/C28H59NO4/c30-24-16-22-29(23-17-25-31)21-15-13-11-9-7-5-3-1-2-4-6-8-10-12-14-18-28(19-26-32)20-27-33/h28,30-33H,1-27H2. The molecule has 0 heterocycles. The summed E-state index contributed by atoms with van der Waals surface area (Å²) in [4.78, 5) is 2.39. The maximum absolute atomic E-state index is 9.06. The van der Waals surface area contributed by atoms with E-state index in [1.807, 2.05) is 0 Å². The van der Waals surface area contributed by atoms with Gasteiger partial charge in [-0.2, -0.15) is 0 Å². The number of aliphatic hydroxyl groups is 4. The van der Waals surface area contributed by atoms with Crippen LogP contribution in [0.2, 0.25) is 0 Å². The van der Waals surface area contributed by atoms with Gasteiger partial charge in [-0.05, 0) is 44.6 Å². The van der Waals surface area contributed by atoms with Crippen LogP contribution in [-0.2, 0) is 0 Å². The van der Waals surface area contributed by atoms with Gasteiger partial charge in [-0.3, -0.25) is 0 Å². The molecule has 0 aromatic carbocycles. The van der Waals surface area contributed by atoms with Crippen LogP contribution in [0, 0.1) is 5.92 Å². The summed E-state index contributed by atoms with van der Waals surface area (Å²) in [5, 5.41) is 36.1. The van der Waals surface area contributed by atoms with Crippen molar-refractivity contribution < 1.29 is 20.4 Å². The normalized spacial score (nSPS) is 11.8. The van der Waals surface area contributed by atoms with Crippen LogP contribution in [0.3, 0.4) is 0 Å². The molecule has 0 aromatic rings. The van der Waals surface area contributed by atoms with Gasteiger partial charge in [-0.1, -0.05) is 96.3 Å². The molecule has 0 rings (SSSR count). The maximum atomic E-state index is 9.06. The number of rotatable bonds is 28. The summed E-state index contributed by atoms with van der Waals surface area (Å²) in [6.07, 6.45) is 24.8. The summed E-state index contributed by atoms with van der Waals surface area (Å²) in [6, 6.07) is 0. The predicted molar refractivity (Wildman–Crippen MR) is 141 cm³/mol. The smallest absolute Gasteiger partial charge is 0.0443 e. The first-order valence-corrected chi connectivity index (χ1v) is 14.4.